The number of nitrogens with zero attached hydrogens (tertiary/aromatic N) is 1. The second-order valence-corrected chi connectivity index (χ2v) is 15.7. The number of carbonyl (C=O) groups is 1. The SMILES string of the molecule is CCC/C=C\CCCCCCCC(=O)NC(COP(=O)([O-])OCC[N+](C)(C)C)C(O)CCCCCCCCCCCCCCCC. The van der Waals surface area contributed by atoms with Crippen LogP contribution < -0.4 is 10.2 Å². The highest BCUT2D eigenvalue weighted by molar-refractivity contribution is 7.45. The van der Waals surface area contributed by atoms with Crippen molar-refractivity contribution in [3.05, 3.63) is 12.2 Å². The molecule has 0 saturated heterocycles. The van der Waals surface area contributed by atoms with E-state index in [1.54, 1.807) is 0 Å². The summed E-state index contributed by atoms with van der Waals surface area (Å²) in [6.07, 6.45) is 30.7. The minimum atomic E-state index is -4.55. The van der Waals surface area contributed by atoms with E-state index >= 15 is 0 Å². The van der Waals surface area contributed by atoms with Crippen LogP contribution in [0.5, 0.6) is 0 Å². The van der Waals surface area contributed by atoms with Gasteiger partial charge in [-0.2, -0.15) is 0 Å². The number of phosphoric acid groups is 1. The predicted molar refractivity (Wildman–Crippen MR) is 192 cm³/mol. The summed E-state index contributed by atoms with van der Waals surface area (Å²) < 4.78 is 23.1. The van der Waals surface area contributed by atoms with E-state index < -0.39 is 20.0 Å². The molecule has 274 valence electrons. The molecule has 0 bridgehead atoms. The number of unbranched alkanes of at least 4 members (excludes halogenated alkanes) is 19. The Morgan fingerprint density at radius 3 is 1.78 bits per heavy atom. The van der Waals surface area contributed by atoms with Crippen molar-refractivity contribution in [3.8, 4) is 0 Å². The van der Waals surface area contributed by atoms with E-state index in [0.29, 0.717) is 23.9 Å². The smallest absolute Gasteiger partial charge is 0.268 e. The van der Waals surface area contributed by atoms with Crippen LogP contribution in [0.25, 0.3) is 0 Å². The van der Waals surface area contributed by atoms with Gasteiger partial charge in [0.2, 0.25) is 5.91 Å². The number of allylic oxidation sites excluding steroid dienone is 2. The molecule has 0 saturated carbocycles. The van der Waals surface area contributed by atoms with Crippen molar-refractivity contribution in [1.82, 2.24) is 5.32 Å². The molecule has 0 aliphatic rings. The molecule has 0 aromatic rings. The summed E-state index contributed by atoms with van der Waals surface area (Å²) in [4.78, 5) is 25.1. The minimum absolute atomic E-state index is 0.0118. The first-order valence-electron chi connectivity index (χ1n) is 19.0. The van der Waals surface area contributed by atoms with Crippen molar-refractivity contribution in [3.63, 3.8) is 0 Å². The molecule has 0 heterocycles. The summed E-state index contributed by atoms with van der Waals surface area (Å²) in [5.74, 6) is -0.178. The number of nitrogens with one attached hydrogen (secondary N) is 1. The van der Waals surface area contributed by atoms with Crippen molar-refractivity contribution in [2.45, 2.75) is 180 Å². The zero-order valence-corrected chi connectivity index (χ0v) is 31.7. The van der Waals surface area contributed by atoms with Crippen LogP contribution >= 0.6 is 7.82 Å². The molecule has 0 rings (SSSR count). The summed E-state index contributed by atoms with van der Waals surface area (Å²) in [6.45, 7) is 4.63. The molecule has 2 N–H and O–H groups in total. The maximum Gasteiger partial charge on any atom is 0.268 e. The third-order valence-corrected chi connectivity index (χ3v) is 9.45. The molecule has 0 aromatic heterocycles. The number of carbonyl (C=O) groups excluding carboxylic acids is 1. The lowest BCUT2D eigenvalue weighted by atomic mass is 10.0. The Morgan fingerprint density at radius 2 is 1.24 bits per heavy atom. The molecule has 0 spiro atoms. The average molecular weight is 675 g/mol. The second-order valence-electron chi connectivity index (χ2n) is 14.3. The summed E-state index contributed by atoms with van der Waals surface area (Å²) in [5.41, 5.74) is 0. The molecule has 8 nitrogen and oxygen atoms in total. The van der Waals surface area contributed by atoms with Crippen LogP contribution in [0.4, 0.5) is 0 Å². The van der Waals surface area contributed by atoms with Crippen molar-refractivity contribution < 1.29 is 32.9 Å². The number of phosphoric ester groups is 1. The van der Waals surface area contributed by atoms with E-state index in [9.17, 15) is 19.4 Å². The van der Waals surface area contributed by atoms with E-state index in [-0.39, 0.29) is 19.1 Å². The van der Waals surface area contributed by atoms with Crippen LogP contribution in [0.2, 0.25) is 0 Å². The number of quaternary nitrogens is 1. The number of aliphatic hydroxyl groups excluding tert-OH is 1. The Balaban J connectivity index is 4.46. The van der Waals surface area contributed by atoms with Crippen molar-refractivity contribution in [2.75, 3.05) is 40.9 Å². The molecular weight excluding hydrogens is 599 g/mol. The number of likely N-dealkylation sites (N-methyl/N-ethyl adjacent to an activating group) is 1. The molecule has 0 aliphatic heterocycles. The number of amides is 1. The van der Waals surface area contributed by atoms with Gasteiger partial charge >= 0.3 is 0 Å². The molecular formula is C37H75N2O6P. The molecule has 46 heavy (non-hydrogen) atoms. The first kappa shape index (κ1) is 45.2. The van der Waals surface area contributed by atoms with Gasteiger partial charge in [-0.3, -0.25) is 9.36 Å². The fraction of sp³-hybridized carbons (Fsp3) is 0.919. The van der Waals surface area contributed by atoms with Crippen LogP contribution in [0, 0.1) is 0 Å². The lowest BCUT2D eigenvalue weighted by Gasteiger charge is -2.30. The van der Waals surface area contributed by atoms with E-state index in [2.05, 4.69) is 31.3 Å². The first-order chi connectivity index (χ1) is 22.0. The molecule has 1 amide bonds. The molecule has 0 radical (unpaired) electrons. The zero-order valence-electron chi connectivity index (χ0n) is 30.8. The summed E-state index contributed by atoms with van der Waals surface area (Å²) in [5, 5.41) is 13.8. The highest BCUT2D eigenvalue weighted by atomic mass is 31.2. The van der Waals surface area contributed by atoms with Crippen LogP contribution in [0.1, 0.15) is 168 Å². The fourth-order valence-corrected chi connectivity index (χ4v) is 6.12. The van der Waals surface area contributed by atoms with Gasteiger partial charge < -0.3 is 28.8 Å². The molecule has 3 unspecified atom stereocenters. The zero-order chi connectivity index (χ0) is 34.4. The first-order valence-corrected chi connectivity index (χ1v) is 20.5. The standard InChI is InChI=1S/C37H75N2O6P/c1-6-8-10-12-14-16-18-19-20-21-22-24-26-28-30-36(40)35(34-45-46(42,43)44-33-32-39(3,4)5)38-37(41)31-29-27-25-23-17-15-13-11-9-7-2/h11,13,35-36,40H,6-10,12,14-34H2,1-5H3,(H-,38,41,42,43)/b13-11-. The van der Waals surface area contributed by atoms with Crippen molar-refractivity contribution in [2.24, 2.45) is 0 Å². The lowest BCUT2D eigenvalue weighted by molar-refractivity contribution is -0.870. The van der Waals surface area contributed by atoms with Gasteiger partial charge in [0.15, 0.2) is 0 Å². The quantitative estimate of drug-likeness (QED) is 0.0305. The van der Waals surface area contributed by atoms with Gasteiger partial charge in [0.1, 0.15) is 13.2 Å². The maximum absolute atomic E-state index is 12.7. The summed E-state index contributed by atoms with van der Waals surface area (Å²) in [6, 6.07) is -0.798. The van der Waals surface area contributed by atoms with Gasteiger partial charge in [-0.1, -0.05) is 142 Å². The topological polar surface area (TPSA) is 108 Å². The Hall–Kier alpha value is -0.760. The van der Waals surface area contributed by atoms with Crippen LogP contribution in [0.3, 0.4) is 0 Å². The molecule has 0 fully saturated rings. The monoisotopic (exact) mass is 675 g/mol. The van der Waals surface area contributed by atoms with Gasteiger partial charge in [0.25, 0.3) is 7.82 Å². The number of aliphatic hydroxyl groups is 1. The van der Waals surface area contributed by atoms with E-state index in [1.807, 2.05) is 21.1 Å². The Morgan fingerprint density at radius 1 is 0.739 bits per heavy atom. The Labute approximate surface area is 284 Å². The lowest BCUT2D eigenvalue weighted by Crippen LogP contribution is -2.46. The van der Waals surface area contributed by atoms with Gasteiger partial charge in [0.05, 0.1) is 39.9 Å². The third kappa shape index (κ3) is 31.8. The van der Waals surface area contributed by atoms with Crippen molar-refractivity contribution >= 4 is 13.7 Å². The number of hydrogen-bond acceptors (Lipinski definition) is 6. The minimum Gasteiger partial charge on any atom is -0.756 e. The Kier molecular flexibility index (Phi) is 29.8. The van der Waals surface area contributed by atoms with Crippen molar-refractivity contribution in [1.29, 1.82) is 0 Å². The van der Waals surface area contributed by atoms with Gasteiger partial charge in [-0.05, 0) is 32.1 Å². The average Bonchev–Trinajstić information content (AvgIpc) is 2.99. The normalized spacial score (nSPS) is 14.8. The highest BCUT2D eigenvalue weighted by Gasteiger charge is 2.24. The summed E-state index contributed by atoms with van der Waals surface area (Å²) in [7, 11) is 1.30. The summed E-state index contributed by atoms with van der Waals surface area (Å²) >= 11 is 0. The molecule has 3 atom stereocenters. The van der Waals surface area contributed by atoms with E-state index in [4.69, 9.17) is 9.05 Å². The van der Waals surface area contributed by atoms with E-state index in [0.717, 1.165) is 57.8 Å². The van der Waals surface area contributed by atoms with E-state index in [1.165, 1.54) is 83.5 Å². The van der Waals surface area contributed by atoms with Gasteiger partial charge in [0, 0.05) is 6.42 Å². The maximum atomic E-state index is 12.7. The van der Waals surface area contributed by atoms with Crippen LogP contribution in [0.15, 0.2) is 12.2 Å². The predicted octanol–water partition coefficient (Wildman–Crippen LogP) is 9.00. The van der Waals surface area contributed by atoms with Gasteiger partial charge in [-0.25, -0.2) is 0 Å². The molecule has 0 aliphatic carbocycles. The third-order valence-electron chi connectivity index (χ3n) is 8.48. The molecule has 0 aromatic carbocycles. The fourth-order valence-electron chi connectivity index (χ4n) is 5.39. The Bertz CT molecular complexity index is 773. The number of hydrogen-bond donors (Lipinski definition) is 2. The molecule has 9 heteroatoms. The number of rotatable bonds is 34. The highest BCUT2D eigenvalue weighted by Crippen LogP contribution is 2.38. The largest absolute Gasteiger partial charge is 0.756 e. The van der Waals surface area contributed by atoms with Gasteiger partial charge in [-0.15, -0.1) is 0 Å². The second kappa shape index (κ2) is 30.3. The van der Waals surface area contributed by atoms with Crippen LogP contribution in [-0.2, 0) is 18.4 Å². The van der Waals surface area contributed by atoms with Crippen LogP contribution in [-0.4, -0.2) is 68.5 Å².